The van der Waals surface area contributed by atoms with Crippen LogP contribution in [0.5, 0.6) is 0 Å². The van der Waals surface area contributed by atoms with Crippen molar-refractivity contribution in [3.8, 4) is 0 Å². The molecule has 4 atom stereocenters. The number of methoxy groups -OCH3 is 1. The van der Waals surface area contributed by atoms with Gasteiger partial charge in [-0.15, -0.1) is 12.4 Å². The number of fused-ring (bicyclic) bond motifs is 2. The smallest absolute Gasteiger partial charge is 0.0620 e. The standard InChI is InChI=1S/C12H23NO.ClH/c1-11(2)8-6-9(10(7-8)14-5)12(11,3)13-4;/h8-10,13H,6-7H2,1-5H3;1H/t8-,9+,10+,12+;/m1./s1. The molecule has 2 saturated carbocycles. The Balaban J connectivity index is 0.00000112. The van der Waals surface area contributed by atoms with Gasteiger partial charge in [-0.3, -0.25) is 0 Å². The average molecular weight is 234 g/mol. The number of ether oxygens (including phenoxy) is 1. The molecule has 15 heavy (non-hydrogen) atoms. The van der Waals surface area contributed by atoms with Crippen LogP contribution in [0.1, 0.15) is 33.6 Å². The van der Waals surface area contributed by atoms with E-state index in [2.05, 4.69) is 33.1 Å². The van der Waals surface area contributed by atoms with Crippen LogP contribution in [0.3, 0.4) is 0 Å². The van der Waals surface area contributed by atoms with Crippen molar-refractivity contribution in [3.05, 3.63) is 0 Å². The van der Waals surface area contributed by atoms with E-state index < -0.39 is 0 Å². The van der Waals surface area contributed by atoms with Crippen LogP contribution in [0.15, 0.2) is 0 Å². The molecule has 0 aliphatic heterocycles. The predicted octanol–water partition coefficient (Wildman–Crippen LogP) is 2.47. The van der Waals surface area contributed by atoms with E-state index in [1.54, 1.807) is 0 Å². The van der Waals surface area contributed by atoms with E-state index in [9.17, 15) is 0 Å². The fraction of sp³-hybridized carbons (Fsp3) is 1.00. The first-order valence-electron chi connectivity index (χ1n) is 5.69. The number of rotatable bonds is 2. The first-order valence-corrected chi connectivity index (χ1v) is 5.69. The van der Waals surface area contributed by atoms with Crippen LogP contribution in [-0.4, -0.2) is 25.8 Å². The number of nitrogens with one attached hydrogen (secondary N) is 1. The molecule has 0 amide bonds. The lowest BCUT2D eigenvalue weighted by Gasteiger charge is -2.50. The third kappa shape index (κ3) is 1.45. The first-order chi connectivity index (χ1) is 6.47. The molecule has 2 bridgehead atoms. The summed E-state index contributed by atoms with van der Waals surface area (Å²) in [6.07, 6.45) is 3.07. The third-order valence-corrected chi connectivity index (χ3v) is 5.43. The van der Waals surface area contributed by atoms with Crippen molar-refractivity contribution in [2.45, 2.75) is 45.3 Å². The lowest BCUT2D eigenvalue weighted by atomic mass is 9.63. The molecule has 2 aliphatic rings. The Morgan fingerprint density at radius 3 is 2.20 bits per heavy atom. The van der Waals surface area contributed by atoms with Gasteiger partial charge in [0, 0.05) is 18.6 Å². The van der Waals surface area contributed by atoms with E-state index in [-0.39, 0.29) is 17.9 Å². The van der Waals surface area contributed by atoms with Crippen LogP contribution in [0, 0.1) is 17.3 Å². The fourth-order valence-corrected chi connectivity index (χ4v) is 3.87. The van der Waals surface area contributed by atoms with E-state index in [1.165, 1.54) is 12.8 Å². The molecule has 0 spiro atoms. The van der Waals surface area contributed by atoms with Gasteiger partial charge in [-0.25, -0.2) is 0 Å². The van der Waals surface area contributed by atoms with Crippen LogP contribution in [0.4, 0.5) is 0 Å². The van der Waals surface area contributed by atoms with Crippen LogP contribution in [0.25, 0.3) is 0 Å². The van der Waals surface area contributed by atoms with Gasteiger partial charge in [-0.05, 0) is 38.1 Å². The molecule has 3 heteroatoms. The minimum Gasteiger partial charge on any atom is -0.381 e. The lowest BCUT2D eigenvalue weighted by molar-refractivity contribution is -0.0342. The summed E-state index contributed by atoms with van der Waals surface area (Å²) >= 11 is 0. The van der Waals surface area contributed by atoms with Gasteiger partial charge >= 0.3 is 0 Å². The van der Waals surface area contributed by atoms with Gasteiger partial charge in [-0.2, -0.15) is 0 Å². The Morgan fingerprint density at radius 1 is 1.20 bits per heavy atom. The van der Waals surface area contributed by atoms with Gasteiger partial charge in [-0.1, -0.05) is 13.8 Å². The second-order valence-electron chi connectivity index (χ2n) is 5.72. The van der Waals surface area contributed by atoms with Gasteiger partial charge in [0.2, 0.25) is 0 Å². The van der Waals surface area contributed by atoms with Crippen molar-refractivity contribution < 1.29 is 4.74 Å². The highest BCUT2D eigenvalue weighted by molar-refractivity contribution is 5.85. The van der Waals surface area contributed by atoms with Crippen LogP contribution < -0.4 is 5.32 Å². The molecule has 2 fully saturated rings. The molecule has 0 heterocycles. The number of halogens is 1. The molecule has 0 aromatic carbocycles. The molecule has 0 saturated heterocycles. The summed E-state index contributed by atoms with van der Waals surface area (Å²) in [4.78, 5) is 0. The van der Waals surface area contributed by atoms with Crippen LogP contribution >= 0.6 is 12.4 Å². The largest absolute Gasteiger partial charge is 0.381 e. The molecule has 0 aromatic rings. The summed E-state index contributed by atoms with van der Waals surface area (Å²) in [5.74, 6) is 1.52. The van der Waals surface area contributed by atoms with Gasteiger partial charge in [0.05, 0.1) is 6.10 Å². The second kappa shape index (κ2) is 3.90. The molecule has 0 aromatic heterocycles. The van der Waals surface area contributed by atoms with Gasteiger partial charge in [0.25, 0.3) is 0 Å². The zero-order chi connectivity index (χ0) is 10.6. The Bertz CT molecular complexity index is 244. The predicted molar refractivity (Wildman–Crippen MR) is 65.5 cm³/mol. The molecule has 2 nitrogen and oxygen atoms in total. The van der Waals surface area contributed by atoms with Crippen molar-refractivity contribution >= 4 is 12.4 Å². The van der Waals surface area contributed by atoms with Crippen LogP contribution in [0.2, 0.25) is 0 Å². The molecule has 0 unspecified atom stereocenters. The van der Waals surface area contributed by atoms with Gasteiger partial charge in [0.1, 0.15) is 0 Å². The lowest BCUT2D eigenvalue weighted by Crippen LogP contribution is -2.59. The molecule has 2 rings (SSSR count). The van der Waals surface area contributed by atoms with E-state index in [1.807, 2.05) is 7.11 Å². The Kier molecular flexibility index (Phi) is 3.45. The molecule has 90 valence electrons. The Morgan fingerprint density at radius 2 is 1.80 bits per heavy atom. The molecule has 1 N–H and O–H groups in total. The summed E-state index contributed by atoms with van der Waals surface area (Å²) < 4.78 is 5.60. The zero-order valence-corrected chi connectivity index (χ0v) is 11.3. The maximum atomic E-state index is 5.60. The minimum absolute atomic E-state index is 0. The summed E-state index contributed by atoms with van der Waals surface area (Å²) in [5, 5.41) is 3.55. The van der Waals surface area contributed by atoms with E-state index in [4.69, 9.17) is 4.74 Å². The Hall–Kier alpha value is 0.210. The first kappa shape index (κ1) is 13.3. The maximum absolute atomic E-state index is 5.60. The van der Waals surface area contributed by atoms with Crippen LogP contribution in [-0.2, 0) is 4.74 Å². The van der Waals surface area contributed by atoms with E-state index in [0.717, 1.165) is 5.92 Å². The Labute approximate surface area is 99.6 Å². The van der Waals surface area contributed by atoms with Crippen molar-refractivity contribution in [3.63, 3.8) is 0 Å². The van der Waals surface area contributed by atoms with Gasteiger partial charge < -0.3 is 10.1 Å². The summed E-state index contributed by atoms with van der Waals surface area (Å²) in [6.45, 7) is 7.17. The fourth-order valence-electron chi connectivity index (χ4n) is 3.87. The molecule has 2 aliphatic carbocycles. The molecular weight excluding hydrogens is 210 g/mol. The molecular formula is C12H24ClNO. The van der Waals surface area contributed by atoms with Crippen molar-refractivity contribution in [2.24, 2.45) is 17.3 Å². The summed E-state index contributed by atoms with van der Waals surface area (Å²) in [5.41, 5.74) is 0.651. The SMILES string of the molecule is CN[C@@]1(C)[C@H]2C[C@H](C[C@@H]2OC)C1(C)C.Cl. The monoisotopic (exact) mass is 233 g/mol. The number of hydrogen-bond acceptors (Lipinski definition) is 2. The highest BCUT2D eigenvalue weighted by atomic mass is 35.5. The van der Waals surface area contributed by atoms with Crippen molar-refractivity contribution in [2.75, 3.05) is 14.2 Å². The summed E-state index contributed by atoms with van der Waals surface area (Å²) in [6, 6.07) is 0. The highest BCUT2D eigenvalue weighted by Crippen LogP contribution is 2.61. The van der Waals surface area contributed by atoms with E-state index >= 15 is 0 Å². The summed E-state index contributed by atoms with van der Waals surface area (Å²) in [7, 11) is 3.95. The average Bonchev–Trinajstić information content (AvgIpc) is 2.66. The molecule has 0 radical (unpaired) electrons. The minimum atomic E-state index is 0. The zero-order valence-electron chi connectivity index (χ0n) is 10.5. The number of hydrogen-bond donors (Lipinski definition) is 1. The maximum Gasteiger partial charge on any atom is 0.0620 e. The quantitative estimate of drug-likeness (QED) is 0.791. The second-order valence-corrected chi connectivity index (χ2v) is 5.72. The van der Waals surface area contributed by atoms with Crippen molar-refractivity contribution in [1.29, 1.82) is 0 Å². The van der Waals surface area contributed by atoms with Gasteiger partial charge in [0.15, 0.2) is 0 Å². The third-order valence-electron chi connectivity index (χ3n) is 5.43. The topological polar surface area (TPSA) is 21.3 Å². The van der Waals surface area contributed by atoms with Crippen molar-refractivity contribution in [1.82, 2.24) is 5.32 Å². The normalized spacial score (nSPS) is 46.6. The van der Waals surface area contributed by atoms with E-state index in [0.29, 0.717) is 17.4 Å². The highest BCUT2D eigenvalue weighted by Gasteiger charge is 2.63.